The summed E-state index contributed by atoms with van der Waals surface area (Å²) in [5, 5.41) is 2.43. The van der Waals surface area contributed by atoms with Gasteiger partial charge in [-0.25, -0.2) is 4.79 Å². The Labute approximate surface area is 100 Å². The molecule has 0 unspecified atom stereocenters. The second kappa shape index (κ2) is 4.58. The summed E-state index contributed by atoms with van der Waals surface area (Å²) in [7, 11) is 0. The van der Waals surface area contributed by atoms with Crippen LogP contribution in [0.15, 0.2) is 24.5 Å². The highest BCUT2D eigenvalue weighted by Crippen LogP contribution is 2.15. The van der Waals surface area contributed by atoms with Gasteiger partial charge in [-0.05, 0) is 18.0 Å². The van der Waals surface area contributed by atoms with Crippen molar-refractivity contribution in [2.45, 2.75) is 13.3 Å². The van der Waals surface area contributed by atoms with Gasteiger partial charge in [-0.3, -0.25) is 4.79 Å². The van der Waals surface area contributed by atoms with E-state index in [1.807, 2.05) is 6.92 Å². The van der Waals surface area contributed by atoms with E-state index in [2.05, 4.69) is 14.7 Å². The molecule has 17 heavy (non-hydrogen) atoms. The van der Waals surface area contributed by atoms with Crippen molar-refractivity contribution in [1.82, 2.24) is 4.98 Å². The highest BCUT2D eigenvalue weighted by molar-refractivity contribution is 6.29. The first-order chi connectivity index (χ1) is 8.11. The highest BCUT2D eigenvalue weighted by atomic mass is 35.5. The van der Waals surface area contributed by atoms with E-state index < -0.39 is 11.2 Å². The molecular formula is C10H9ClN2O4. The van der Waals surface area contributed by atoms with E-state index >= 15 is 0 Å². The number of anilines is 1. The fourth-order valence-corrected chi connectivity index (χ4v) is 1.47. The third-order valence-corrected chi connectivity index (χ3v) is 2.22. The normalized spacial score (nSPS) is 10.7. The average Bonchev–Trinajstić information content (AvgIpc) is 2.24. The summed E-state index contributed by atoms with van der Waals surface area (Å²) in [6.07, 6.45) is 0.848. The van der Waals surface area contributed by atoms with Crippen molar-refractivity contribution in [3.63, 3.8) is 0 Å². The highest BCUT2D eigenvalue weighted by Gasteiger charge is 2.12. The summed E-state index contributed by atoms with van der Waals surface area (Å²) in [6, 6.07) is 1.32. The van der Waals surface area contributed by atoms with E-state index in [0.29, 0.717) is 6.54 Å². The van der Waals surface area contributed by atoms with Crippen LogP contribution in [0.2, 0.25) is 5.22 Å². The first-order valence-corrected chi connectivity index (χ1v) is 5.38. The molecule has 90 valence electrons. The van der Waals surface area contributed by atoms with Crippen molar-refractivity contribution in [1.29, 1.82) is 0 Å². The Kier molecular flexibility index (Phi) is 3.14. The third-order valence-electron chi connectivity index (χ3n) is 2.04. The number of halogens is 1. The van der Waals surface area contributed by atoms with Gasteiger partial charge in [-0.15, -0.1) is 0 Å². The van der Waals surface area contributed by atoms with Crippen LogP contribution in [0.5, 0.6) is 0 Å². The van der Waals surface area contributed by atoms with Crippen LogP contribution in [-0.2, 0) is 0 Å². The van der Waals surface area contributed by atoms with E-state index in [-0.39, 0.29) is 22.2 Å². The molecule has 2 aromatic heterocycles. The minimum Gasteiger partial charge on any atom is -0.424 e. The lowest BCUT2D eigenvalue weighted by Crippen LogP contribution is -2.17. The number of rotatable bonds is 3. The number of hydrogen-bond donors (Lipinski definition) is 1. The Balaban J connectivity index is 2.65. The molecule has 0 aliphatic rings. The van der Waals surface area contributed by atoms with Crippen molar-refractivity contribution in [2.75, 3.05) is 11.9 Å². The Morgan fingerprint density at radius 1 is 1.41 bits per heavy atom. The fourth-order valence-electron chi connectivity index (χ4n) is 1.30. The van der Waals surface area contributed by atoms with E-state index in [0.717, 1.165) is 6.42 Å². The molecular weight excluding hydrogens is 248 g/mol. The topological polar surface area (TPSA) is 85.3 Å². The molecule has 0 saturated carbocycles. The van der Waals surface area contributed by atoms with Crippen molar-refractivity contribution >= 4 is 28.6 Å². The standard InChI is InChI=1S/C10H9ClN2O4/c1-2-3-12-10-13-8(14)7-5(16-10)4-6(11)17-9(7)15/h4H,2-3H2,1H3,(H,12,13,14). The van der Waals surface area contributed by atoms with Crippen molar-refractivity contribution < 1.29 is 8.83 Å². The van der Waals surface area contributed by atoms with Gasteiger partial charge < -0.3 is 14.2 Å². The van der Waals surface area contributed by atoms with Gasteiger partial charge in [0.1, 0.15) is 0 Å². The lowest BCUT2D eigenvalue weighted by molar-refractivity contribution is 0.510. The van der Waals surface area contributed by atoms with Gasteiger partial charge >= 0.3 is 5.63 Å². The molecule has 2 rings (SSSR count). The van der Waals surface area contributed by atoms with Gasteiger partial charge in [-0.1, -0.05) is 6.92 Å². The molecule has 0 aliphatic carbocycles. The van der Waals surface area contributed by atoms with Crippen molar-refractivity contribution in [3.05, 3.63) is 32.1 Å². The lowest BCUT2D eigenvalue weighted by atomic mass is 10.3. The zero-order valence-electron chi connectivity index (χ0n) is 8.95. The molecule has 1 N–H and O–H groups in total. The zero-order chi connectivity index (χ0) is 12.4. The number of hydrogen-bond acceptors (Lipinski definition) is 6. The molecule has 0 aromatic carbocycles. The summed E-state index contributed by atoms with van der Waals surface area (Å²) in [4.78, 5) is 26.5. The van der Waals surface area contributed by atoms with Crippen LogP contribution in [0, 0.1) is 0 Å². The summed E-state index contributed by atoms with van der Waals surface area (Å²) >= 11 is 5.56. The number of nitrogens with zero attached hydrogens (tertiary/aromatic N) is 1. The molecule has 2 aromatic rings. The molecule has 0 radical (unpaired) electrons. The van der Waals surface area contributed by atoms with Crippen LogP contribution in [0.4, 0.5) is 6.01 Å². The van der Waals surface area contributed by atoms with E-state index in [4.69, 9.17) is 16.0 Å². The van der Waals surface area contributed by atoms with Crippen LogP contribution in [0.1, 0.15) is 13.3 Å². The molecule has 6 nitrogen and oxygen atoms in total. The van der Waals surface area contributed by atoms with E-state index in [1.165, 1.54) is 6.07 Å². The van der Waals surface area contributed by atoms with Crippen LogP contribution < -0.4 is 16.5 Å². The average molecular weight is 257 g/mol. The maximum Gasteiger partial charge on any atom is 0.353 e. The molecule has 0 bridgehead atoms. The molecule has 7 heteroatoms. The first kappa shape index (κ1) is 11.7. The van der Waals surface area contributed by atoms with E-state index in [9.17, 15) is 9.59 Å². The summed E-state index contributed by atoms with van der Waals surface area (Å²) in [6.45, 7) is 2.56. The Morgan fingerprint density at radius 2 is 2.18 bits per heavy atom. The van der Waals surface area contributed by atoms with Crippen LogP contribution >= 0.6 is 11.6 Å². The second-order valence-corrected chi connectivity index (χ2v) is 3.70. The van der Waals surface area contributed by atoms with Crippen LogP contribution in [-0.4, -0.2) is 11.5 Å². The van der Waals surface area contributed by atoms with E-state index in [1.54, 1.807) is 0 Å². The lowest BCUT2D eigenvalue weighted by Gasteiger charge is -2.02. The molecule has 0 atom stereocenters. The predicted octanol–water partition coefficient (Wildman–Crippen LogP) is 1.62. The Hall–Kier alpha value is -1.82. The van der Waals surface area contributed by atoms with Gasteiger partial charge in [0.05, 0.1) is 0 Å². The van der Waals surface area contributed by atoms with Gasteiger partial charge in [0.25, 0.3) is 11.6 Å². The summed E-state index contributed by atoms with van der Waals surface area (Å²) in [5.74, 6) is 0. The van der Waals surface area contributed by atoms with Crippen molar-refractivity contribution in [2.24, 2.45) is 0 Å². The second-order valence-electron chi connectivity index (χ2n) is 3.33. The first-order valence-electron chi connectivity index (χ1n) is 5.00. The molecule has 2 heterocycles. The van der Waals surface area contributed by atoms with Gasteiger partial charge in [-0.2, -0.15) is 4.98 Å². The number of fused-ring (bicyclic) bond motifs is 1. The molecule has 0 aliphatic heterocycles. The number of aromatic nitrogens is 1. The van der Waals surface area contributed by atoms with Gasteiger partial charge in [0.15, 0.2) is 11.0 Å². The molecule has 0 saturated heterocycles. The largest absolute Gasteiger partial charge is 0.424 e. The molecule has 0 spiro atoms. The van der Waals surface area contributed by atoms with Crippen molar-refractivity contribution in [3.8, 4) is 0 Å². The SMILES string of the molecule is CCCNc1nc(=O)c2c(=O)oc(Cl)cc2o1. The minimum atomic E-state index is -0.851. The quantitative estimate of drug-likeness (QED) is 0.898. The fraction of sp³-hybridized carbons (Fsp3) is 0.300. The molecule has 0 fully saturated rings. The maximum absolute atomic E-state index is 11.6. The van der Waals surface area contributed by atoms with Gasteiger partial charge in [0.2, 0.25) is 5.22 Å². The Morgan fingerprint density at radius 3 is 2.88 bits per heavy atom. The Bertz CT molecular complexity index is 661. The summed E-state index contributed by atoms with van der Waals surface area (Å²) in [5.41, 5.74) is -1.49. The number of nitrogens with one attached hydrogen (secondary N) is 1. The monoisotopic (exact) mass is 256 g/mol. The van der Waals surface area contributed by atoms with Crippen LogP contribution in [0.25, 0.3) is 11.0 Å². The smallest absolute Gasteiger partial charge is 0.353 e. The third kappa shape index (κ3) is 2.31. The molecule has 0 amide bonds. The maximum atomic E-state index is 11.6. The van der Waals surface area contributed by atoms with Crippen LogP contribution in [0.3, 0.4) is 0 Å². The van der Waals surface area contributed by atoms with Gasteiger partial charge in [0, 0.05) is 12.6 Å². The zero-order valence-corrected chi connectivity index (χ0v) is 9.71. The predicted molar refractivity (Wildman–Crippen MR) is 62.6 cm³/mol. The summed E-state index contributed by atoms with van der Waals surface area (Å²) < 4.78 is 9.82. The minimum absolute atomic E-state index is 0.0600.